The largest absolute Gasteiger partial charge is 0.392 e. The molecule has 3 N–H and O–H groups in total. The first-order valence-corrected chi connectivity index (χ1v) is 5.87. The van der Waals surface area contributed by atoms with Gasteiger partial charge in [0.1, 0.15) is 5.69 Å². The van der Waals surface area contributed by atoms with Crippen molar-refractivity contribution in [2.75, 3.05) is 5.73 Å². The monoisotopic (exact) mass is 231 g/mol. The highest BCUT2D eigenvalue weighted by Gasteiger charge is 2.11. The van der Waals surface area contributed by atoms with Gasteiger partial charge in [-0.05, 0) is 6.42 Å². The molecular formula is C13H17N3O. The molecule has 2 rings (SSSR count). The number of H-pyrrole nitrogens is 1. The summed E-state index contributed by atoms with van der Waals surface area (Å²) in [6, 6.07) is 9.66. The van der Waals surface area contributed by atoms with Crippen molar-refractivity contribution < 1.29 is 0 Å². The summed E-state index contributed by atoms with van der Waals surface area (Å²) in [5.41, 5.74) is 7.67. The van der Waals surface area contributed by atoms with Gasteiger partial charge in [-0.2, -0.15) is 0 Å². The fourth-order valence-electron chi connectivity index (χ4n) is 1.80. The Morgan fingerprint density at radius 2 is 2.00 bits per heavy atom. The number of benzene rings is 1. The fraction of sp³-hybridized carbons (Fsp3) is 0.308. The predicted octanol–water partition coefficient (Wildman–Crippen LogP) is 2.23. The van der Waals surface area contributed by atoms with Gasteiger partial charge < -0.3 is 5.73 Å². The molecule has 2 aromatic rings. The Labute approximate surface area is 100 Å². The predicted molar refractivity (Wildman–Crippen MR) is 69.8 cm³/mol. The molecule has 0 aliphatic carbocycles. The minimum absolute atomic E-state index is 0.127. The van der Waals surface area contributed by atoms with Crippen molar-refractivity contribution in [3.8, 4) is 11.3 Å². The summed E-state index contributed by atoms with van der Waals surface area (Å²) >= 11 is 0. The van der Waals surface area contributed by atoms with Crippen LogP contribution in [0.5, 0.6) is 0 Å². The molecule has 1 heterocycles. The molecule has 0 amide bonds. The first-order valence-electron chi connectivity index (χ1n) is 5.87. The molecule has 1 aromatic carbocycles. The number of aryl methyl sites for hydroxylation is 1. The lowest BCUT2D eigenvalue weighted by Gasteiger charge is -2.00. The maximum atomic E-state index is 11.9. The number of nitrogen functional groups attached to an aromatic ring is 1. The molecular weight excluding hydrogens is 214 g/mol. The van der Waals surface area contributed by atoms with Crippen molar-refractivity contribution in [3.63, 3.8) is 0 Å². The van der Waals surface area contributed by atoms with Crippen LogP contribution in [-0.2, 0) is 6.54 Å². The summed E-state index contributed by atoms with van der Waals surface area (Å²) in [7, 11) is 0. The Hall–Kier alpha value is -1.97. The van der Waals surface area contributed by atoms with E-state index in [1.54, 1.807) is 4.68 Å². The molecule has 0 unspecified atom stereocenters. The van der Waals surface area contributed by atoms with E-state index in [0.29, 0.717) is 17.9 Å². The number of aromatic amines is 1. The Morgan fingerprint density at radius 3 is 2.65 bits per heavy atom. The summed E-state index contributed by atoms with van der Waals surface area (Å²) in [6.45, 7) is 2.78. The summed E-state index contributed by atoms with van der Waals surface area (Å²) in [4.78, 5) is 11.9. The highest BCUT2D eigenvalue weighted by molar-refractivity contribution is 5.71. The number of hydrogen-bond donors (Lipinski definition) is 2. The highest BCUT2D eigenvalue weighted by atomic mass is 16.1. The third kappa shape index (κ3) is 2.25. The molecule has 0 bridgehead atoms. The quantitative estimate of drug-likeness (QED) is 0.847. The van der Waals surface area contributed by atoms with E-state index in [-0.39, 0.29) is 5.56 Å². The lowest BCUT2D eigenvalue weighted by atomic mass is 10.1. The van der Waals surface area contributed by atoms with Crippen LogP contribution in [0.25, 0.3) is 11.3 Å². The number of aromatic nitrogens is 2. The van der Waals surface area contributed by atoms with E-state index >= 15 is 0 Å². The maximum absolute atomic E-state index is 11.9. The van der Waals surface area contributed by atoms with Crippen molar-refractivity contribution in [2.24, 2.45) is 0 Å². The van der Waals surface area contributed by atoms with Crippen molar-refractivity contribution in [1.29, 1.82) is 0 Å². The van der Waals surface area contributed by atoms with E-state index < -0.39 is 0 Å². The molecule has 0 fully saturated rings. The number of nitrogens with zero attached hydrogens (tertiary/aromatic N) is 1. The number of rotatable bonds is 4. The van der Waals surface area contributed by atoms with E-state index in [1.165, 1.54) is 0 Å². The minimum atomic E-state index is -0.127. The van der Waals surface area contributed by atoms with Gasteiger partial charge in [-0.25, -0.2) is 0 Å². The van der Waals surface area contributed by atoms with Crippen LogP contribution in [-0.4, -0.2) is 9.78 Å². The van der Waals surface area contributed by atoms with Crippen molar-refractivity contribution in [3.05, 3.63) is 40.7 Å². The standard InChI is InChI=1S/C13H17N3O/c1-2-3-9-16-13(17)11(14)12(15-16)10-7-5-4-6-8-10/h4-8,15H,2-3,9,14H2,1H3. The summed E-state index contributed by atoms with van der Waals surface area (Å²) in [5, 5.41) is 3.08. The van der Waals surface area contributed by atoms with E-state index in [4.69, 9.17) is 5.73 Å². The smallest absolute Gasteiger partial charge is 0.290 e. The second kappa shape index (κ2) is 4.91. The van der Waals surface area contributed by atoms with Gasteiger partial charge in [-0.3, -0.25) is 14.6 Å². The van der Waals surface area contributed by atoms with Crippen LogP contribution >= 0.6 is 0 Å². The normalized spacial score (nSPS) is 10.6. The highest BCUT2D eigenvalue weighted by Crippen LogP contribution is 2.20. The molecule has 0 atom stereocenters. The number of nitrogens with two attached hydrogens (primary N) is 1. The average molecular weight is 231 g/mol. The molecule has 0 radical (unpaired) electrons. The minimum Gasteiger partial charge on any atom is -0.392 e. The van der Waals surface area contributed by atoms with Gasteiger partial charge in [0, 0.05) is 12.1 Å². The Bertz CT molecular complexity index is 540. The van der Waals surface area contributed by atoms with Crippen molar-refractivity contribution >= 4 is 5.69 Å². The molecule has 0 aliphatic rings. The SMILES string of the molecule is CCCCn1[nH]c(-c2ccccc2)c(N)c1=O. The van der Waals surface area contributed by atoms with Crippen molar-refractivity contribution in [2.45, 2.75) is 26.3 Å². The molecule has 17 heavy (non-hydrogen) atoms. The van der Waals surface area contributed by atoms with Crippen LogP contribution in [0.2, 0.25) is 0 Å². The number of unbranched alkanes of at least 4 members (excludes halogenated alkanes) is 1. The third-order valence-corrected chi connectivity index (χ3v) is 2.79. The third-order valence-electron chi connectivity index (χ3n) is 2.79. The lowest BCUT2D eigenvalue weighted by molar-refractivity contribution is 0.559. The fourth-order valence-corrected chi connectivity index (χ4v) is 1.80. The zero-order valence-electron chi connectivity index (χ0n) is 9.94. The molecule has 0 aliphatic heterocycles. The molecule has 0 saturated carbocycles. The summed E-state index contributed by atoms with van der Waals surface area (Å²) < 4.78 is 1.58. The van der Waals surface area contributed by atoms with E-state index in [1.807, 2.05) is 30.3 Å². The lowest BCUT2D eigenvalue weighted by Crippen LogP contribution is -2.18. The average Bonchev–Trinajstić information content (AvgIpc) is 2.65. The molecule has 90 valence electrons. The second-order valence-corrected chi connectivity index (χ2v) is 4.08. The van der Waals surface area contributed by atoms with Crippen LogP contribution in [0.3, 0.4) is 0 Å². The number of nitrogens with one attached hydrogen (secondary N) is 1. The Morgan fingerprint density at radius 1 is 1.29 bits per heavy atom. The van der Waals surface area contributed by atoms with Crippen LogP contribution in [0, 0.1) is 0 Å². The zero-order chi connectivity index (χ0) is 12.3. The molecule has 4 nitrogen and oxygen atoms in total. The summed E-state index contributed by atoms with van der Waals surface area (Å²) in [5.74, 6) is 0. The number of hydrogen-bond acceptors (Lipinski definition) is 2. The number of anilines is 1. The van der Waals surface area contributed by atoms with Crippen LogP contribution in [0.4, 0.5) is 5.69 Å². The topological polar surface area (TPSA) is 63.8 Å². The van der Waals surface area contributed by atoms with Gasteiger partial charge in [0.15, 0.2) is 0 Å². The molecule has 4 heteroatoms. The summed E-state index contributed by atoms with van der Waals surface area (Å²) in [6.07, 6.45) is 2.01. The van der Waals surface area contributed by atoms with Gasteiger partial charge in [0.2, 0.25) is 0 Å². The van der Waals surface area contributed by atoms with Gasteiger partial charge in [0.25, 0.3) is 5.56 Å². The molecule has 1 aromatic heterocycles. The maximum Gasteiger partial charge on any atom is 0.290 e. The van der Waals surface area contributed by atoms with Gasteiger partial charge >= 0.3 is 0 Å². The first kappa shape index (κ1) is 11.5. The molecule has 0 spiro atoms. The van der Waals surface area contributed by atoms with Crippen molar-refractivity contribution in [1.82, 2.24) is 9.78 Å². The zero-order valence-corrected chi connectivity index (χ0v) is 9.94. The van der Waals surface area contributed by atoms with Crippen LogP contribution in [0.1, 0.15) is 19.8 Å². The second-order valence-electron chi connectivity index (χ2n) is 4.08. The van der Waals surface area contributed by atoms with E-state index in [2.05, 4.69) is 12.0 Å². The first-order chi connectivity index (χ1) is 8.24. The van der Waals surface area contributed by atoms with Crippen LogP contribution in [0.15, 0.2) is 35.1 Å². The van der Waals surface area contributed by atoms with Gasteiger partial charge in [-0.15, -0.1) is 0 Å². The van der Waals surface area contributed by atoms with Crippen LogP contribution < -0.4 is 11.3 Å². The van der Waals surface area contributed by atoms with E-state index in [0.717, 1.165) is 18.4 Å². The van der Waals surface area contributed by atoms with Gasteiger partial charge in [-0.1, -0.05) is 43.7 Å². The van der Waals surface area contributed by atoms with Gasteiger partial charge in [0.05, 0.1) is 5.69 Å². The Balaban J connectivity index is 2.40. The Kier molecular flexibility index (Phi) is 3.32. The molecule has 0 saturated heterocycles. The van der Waals surface area contributed by atoms with E-state index in [9.17, 15) is 4.79 Å².